The first-order valence-corrected chi connectivity index (χ1v) is 8.43. The molecule has 6 heteroatoms. The number of rotatable bonds is 4. The van der Waals surface area contributed by atoms with Crippen LogP contribution in [0, 0.1) is 19.8 Å². The number of carbonyl (C=O) groups is 3. The van der Waals surface area contributed by atoms with Crippen molar-refractivity contribution in [2.75, 3.05) is 16.8 Å². The average Bonchev–Trinajstić information content (AvgIpc) is 2.97. The Morgan fingerprint density at radius 3 is 2.42 bits per heavy atom. The van der Waals surface area contributed by atoms with E-state index in [0.29, 0.717) is 17.8 Å². The minimum absolute atomic E-state index is 0.0545. The molecule has 0 spiro atoms. The Kier molecular flexibility index (Phi) is 4.75. The third-order valence-corrected chi connectivity index (χ3v) is 4.58. The molecule has 0 saturated carbocycles. The summed E-state index contributed by atoms with van der Waals surface area (Å²) in [7, 11) is 0. The van der Waals surface area contributed by atoms with E-state index in [1.165, 1.54) is 0 Å². The molecule has 1 atom stereocenters. The number of aryl methyl sites for hydroxylation is 2. The summed E-state index contributed by atoms with van der Waals surface area (Å²) in [4.78, 5) is 37.7. The van der Waals surface area contributed by atoms with E-state index in [-0.39, 0.29) is 18.2 Å². The summed E-state index contributed by atoms with van der Waals surface area (Å²) in [5.74, 6) is -1.20. The van der Waals surface area contributed by atoms with E-state index in [0.717, 1.165) is 16.8 Å². The lowest BCUT2D eigenvalue weighted by molar-refractivity contribution is -0.122. The molecule has 1 aliphatic rings. The van der Waals surface area contributed by atoms with Crippen molar-refractivity contribution in [2.24, 2.45) is 11.7 Å². The van der Waals surface area contributed by atoms with E-state index >= 15 is 0 Å². The highest BCUT2D eigenvalue weighted by Gasteiger charge is 2.35. The highest BCUT2D eigenvalue weighted by atomic mass is 16.2. The largest absolute Gasteiger partial charge is 0.366 e. The fourth-order valence-electron chi connectivity index (χ4n) is 3.19. The molecule has 0 bridgehead atoms. The molecule has 1 saturated heterocycles. The second kappa shape index (κ2) is 7.00. The topological polar surface area (TPSA) is 92.5 Å². The molecule has 0 aliphatic carbocycles. The molecule has 3 N–H and O–H groups in total. The van der Waals surface area contributed by atoms with Gasteiger partial charge in [0.25, 0.3) is 0 Å². The molecule has 3 rings (SSSR count). The molecular weight excluding hydrogens is 330 g/mol. The van der Waals surface area contributed by atoms with Crippen molar-refractivity contribution in [2.45, 2.75) is 20.3 Å². The number of hydrogen-bond acceptors (Lipinski definition) is 3. The zero-order valence-corrected chi connectivity index (χ0v) is 14.8. The van der Waals surface area contributed by atoms with Crippen molar-refractivity contribution in [1.29, 1.82) is 0 Å². The molecule has 26 heavy (non-hydrogen) atoms. The Hall–Kier alpha value is -3.15. The zero-order valence-electron chi connectivity index (χ0n) is 14.8. The van der Waals surface area contributed by atoms with Crippen molar-refractivity contribution in [1.82, 2.24) is 0 Å². The Bertz CT molecular complexity index is 874. The number of hydrogen-bond donors (Lipinski definition) is 2. The molecule has 1 fully saturated rings. The maximum absolute atomic E-state index is 12.5. The summed E-state index contributed by atoms with van der Waals surface area (Å²) in [5.41, 5.74) is 9.14. The van der Waals surface area contributed by atoms with Crippen molar-refractivity contribution in [3.8, 4) is 0 Å². The monoisotopic (exact) mass is 351 g/mol. The van der Waals surface area contributed by atoms with Gasteiger partial charge in [-0.05, 0) is 49.7 Å². The number of carbonyl (C=O) groups excluding carboxylic acids is 3. The van der Waals surface area contributed by atoms with Crippen molar-refractivity contribution >= 4 is 29.1 Å². The predicted molar refractivity (Wildman–Crippen MR) is 100.0 cm³/mol. The maximum Gasteiger partial charge on any atom is 0.248 e. The van der Waals surface area contributed by atoms with Gasteiger partial charge in [-0.3, -0.25) is 14.4 Å². The summed E-state index contributed by atoms with van der Waals surface area (Å²) in [6, 6.07) is 12.3. The number of nitrogens with two attached hydrogens (primary N) is 1. The van der Waals surface area contributed by atoms with E-state index < -0.39 is 11.8 Å². The Morgan fingerprint density at radius 2 is 1.81 bits per heavy atom. The van der Waals surface area contributed by atoms with Crippen molar-refractivity contribution in [3.63, 3.8) is 0 Å². The zero-order chi connectivity index (χ0) is 18.8. The molecule has 0 aromatic heterocycles. The SMILES string of the molecule is Cc1ccc(N2CC(C(=O)Nc3ccc(C(N)=O)cc3)CC2=O)c(C)c1. The third-order valence-electron chi connectivity index (χ3n) is 4.58. The number of nitrogens with zero attached hydrogens (tertiary/aromatic N) is 1. The van der Waals surface area contributed by atoms with Gasteiger partial charge >= 0.3 is 0 Å². The predicted octanol–water partition coefficient (Wildman–Crippen LogP) is 2.39. The summed E-state index contributed by atoms with van der Waals surface area (Å²) in [6.07, 6.45) is 0.179. The smallest absolute Gasteiger partial charge is 0.248 e. The number of nitrogens with one attached hydrogen (secondary N) is 1. The van der Waals surface area contributed by atoms with Gasteiger partial charge in [0.15, 0.2) is 0 Å². The second-order valence-corrected chi connectivity index (χ2v) is 6.63. The lowest BCUT2D eigenvalue weighted by Gasteiger charge is -2.19. The second-order valence-electron chi connectivity index (χ2n) is 6.63. The number of anilines is 2. The van der Waals surface area contributed by atoms with E-state index in [1.54, 1.807) is 29.2 Å². The first-order valence-electron chi connectivity index (χ1n) is 8.43. The van der Waals surface area contributed by atoms with Crippen molar-refractivity contribution in [3.05, 3.63) is 59.2 Å². The molecule has 2 aromatic rings. The van der Waals surface area contributed by atoms with E-state index in [9.17, 15) is 14.4 Å². The van der Waals surface area contributed by atoms with Gasteiger partial charge in [0, 0.05) is 29.9 Å². The summed E-state index contributed by atoms with van der Waals surface area (Å²) < 4.78 is 0. The van der Waals surface area contributed by atoms with Crippen LogP contribution in [-0.4, -0.2) is 24.3 Å². The van der Waals surface area contributed by atoms with Gasteiger partial charge in [-0.15, -0.1) is 0 Å². The third kappa shape index (κ3) is 3.59. The van der Waals surface area contributed by atoms with Crippen LogP contribution in [0.15, 0.2) is 42.5 Å². The minimum Gasteiger partial charge on any atom is -0.366 e. The first kappa shape index (κ1) is 17.7. The Balaban J connectivity index is 1.69. The van der Waals surface area contributed by atoms with Crippen LogP contribution in [0.1, 0.15) is 27.9 Å². The molecule has 2 aromatic carbocycles. The molecule has 134 valence electrons. The Morgan fingerprint density at radius 1 is 1.12 bits per heavy atom. The fourth-order valence-corrected chi connectivity index (χ4v) is 3.19. The standard InChI is InChI=1S/C20H21N3O3/c1-12-3-8-17(13(2)9-12)23-11-15(10-18(23)24)20(26)22-16-6-4-14(5-7-16)19(21)25/h3-9,15H,10-11H2,1-2H3,(H2,21,25)(H,22,26). The molecule has 6 nitrogen and oxygen atoms in total. The molecule has 1 unspecified atom stereocenters. The average molecular weight is 351 g/mol. The van der Waals surface area contributed by atoms with Crippen LogP contribution in [-0.2, 0) is 9.59 Å². The van der Waals surface area contributed by atoms with Gasteiger partial charge in [-0.25, -0.2) is 0 Å². The van der Waals surface area contributed by atoms with Gasteiger partial charge in [-0.2, -0.15) is 0 Å². The summed E-state index contributed by atoms with van der Waals surface area (Å²) in [6.45, 7) is 4.32. The molecule has 0 radical (unpaired) electrons. The summed E-state index contributed by atoms with van der Waals surface area (Å²) >= 11 is 0. The first-order chi connectivity index (χ1) is 12.3. The van der Waals surface area contributed by atoms with Gasteiger partial charge in [0.1, 0.15) is 0 Å². The number of primary amides is 1. The summed E-state index contributed by atoms with van der Waals surface area (Å²) in [5, 5.41) is 2.80. The van der Waals surface area contributed by atoms with E-state index in [4.69, 9.17) is 5.73 Å². The lowest BCUT2D eigenvalue weighted by Crippen LogP contribution is -2.28. The lowest BCUT2D eigenvalue weighted by atomic mass is 10.1. The highest BCUT2D eigenvalue weighted by Crippen LogP contribution is 2.29. The van der Waals surface area contributed by atoms with Gasteiger partial charge < -0.3 is 16.0 Å². The molecule has 1 aliphatic heterocycles. The fraction of sp³-hybridized carbons (Fsp3) is 0.250. The van der Waals surface area contributed by atoms with Crippen LogP contribution in [0.3, 0.4) is 0 Å². The van der Waals surface area contributed by atoms with Crippen molar-refractivity contribution < 1.29 is 14.4 Å². The van der Waals surface area contributed by atoms with Gasteiger partial charge in [-0.1, -0.05) is 17.7 Å². The van der Waals surface area contributed by atoms with Gasteiger partial charge in [0.05, 0.1) is 5.92 Å². The highest BCUT2D eigenvalue weighted by molar-refractivity contribution is 6.04. The van der Waals surface area contributed by atoms with Crippen LogP contribution in [0.2, 0.25) is 0 Å². The minimum atomic E-state index is -0.520. The maximum atomic E-state index is 12.5. The van der Waals surface area contributed by atoms with E-state index in [2.05, 4.69) is 5.32 Å². The van der Waals surface area contributed by atoms with Crippen LogP contribution in [0.4, 0.5) is 11.4 Å². The molecular formula is C20H21N3O3. The quantitative estimate of drug-likeness (QED) is 0.886. The number of benzene rings is 2. The molecule has 3 amide bonds. The normalized spacial score (nSPS) is 16.6. The number of amides is 3. The molecule has 1 heterocycles. The van der Waals surface area contributed by atoms with Crippen LogP contribution < -0.4 is 16.0 Å². The van der Waals surface area contributed by atoms with E-state index in [1.807, 2.05) is 32.0 Å². The Labute approximate surface area is 152 Å². The van der Waals surface area contributed by atoms with Crippen LogP contribution in [0.25, 0.3) is 0 Å². The van der Waals surface area contributed by atoms with Crippen LogP contribution in [0.5, 0.6) is 0 Å². The van der Waals surface area contributed by atoms with Crippen LogP contribution >= 0.6 is 0 Å². The van der Waals surface area contributed by atoms with Gasteiger partial charge in [0.2, 0.25) is 17.7 Å².